The van der Waals surface area contributed by atoms with Gasteiger partial charge in [-0.2, -0.15) is 13.2 Å². The summed E-state index contributed by atoms with van der Waals surface area (Å²) in [5, 5.41) is 6.07. The molecule has 0 spiro atoms. The molecule has 2 rings (SSSR count). The molecule has 1 saturated heterocycles. The Labute approximate surface area is 158 Å². The van der Waals surface area contributed by atoms with Crippen LogP contribution in [-0.2, 0) is 11.0 Å². The molecule has 1 heterocycles. The van der Waals surface area contributed by atoms with E-state index in [-0.39, 0.29) is 36.7 Å². The molecule has 8 heteroatoms. The molecule has 1 atom stereocenters. The van der Waals surface area contributed by atoms with Crippen LogP contribution in [-0.4, -0.2) is 31.6 Å². The Morgan fingerprint density at radius 1 is 1.31 bits per heavy atom. The molecule has 0 saturated carbocycles. The summed E-state index contributed by atoms with van der Waals surface area (Å²) in [5.41, 5.74) is -0.806. The summed E-state index contributed by atoms with van der Waals surface area (Å²) in [6, 6.07) is 4.72. The number of benzene rings is 1. The van der Waals surface area contributed by atoms with Crippen LogP contribution in [0.15, 0.2) is 24.3 Å². The molecule has 1 aliphatic heterocycles. The van der Waals surface area contributed by atoms with Crippen molar-refractivity contribution in [1.29, 1.82) is 0 Å². The predicted octanol–water partition coefficient (Wildman–Crippen LogP) is 3.79. The van der Waals surface area contributed by atoms with Gasteiger partial charge in [0.15, 0.2) is 0 Å². The average Bonchev–Trinajstić information content (AvgIpc) is 2.58. The van der Waals surface area contributed by atoms with Crippen molar-refractivity contribution in [2.24, 2.45) is 5.92 Å². The van der Waals surface area contributed by atoms with E-state index in [0.29, 0.717) is 12.3 Å². The normalized spacial score (nSPS) is 16.5. The average molecular weight is 395 g/mol. The van der Waals surface area contributed by atoms with Crippen LogP contribution in [0.4, 0.5) is 13.2 Å². The Morgan fingerprint density at radius 2 is 1.96 bits per heavy atom. The molecule has 4 nitrogen and oxygen atoms in total. The van der Waals surface area contributed by atoms with Gasteiger partial charge in [-0.1, -0.05) is 12.1 Å². The van der Waals surface area contributed by atoms with Crippen molar-refractivity contribution in [2.75, 3.05) is 19.7 Å². The topological polar surface area (TPSA) is 50.4 Å². The van der Waals surface area contributed by atoms with E-state index < -0.39 is 11.7 Å². The summed E-state index contributed by atoms with van der Waals surface area (Å²) in [6.45, 7) is 3.70. The monoisotopic (exact) mass is 394 g/mol. The zero-order valence-corrected chi connectivity index (χ0v) is 15.6. The van der Waals surface area contributed by atoms with Crippen molar-refractivity contribution in [3.8, 4) is 5.75 Å². The maximum atomic E-state index is 12.9. The Morgan fingerprint density at radius 3 is 2.62 bits per heavy atom. The molecule has 0 bridgehead atoms. The highest BCUT2D eigenvalue weighted by molar-refractivity contribution is 5.85. The minimum Gasteiger partial charge on any atom is -0.491 e. The van der Waals surface area contributed by atoms with Gasteiger partial charge >= 0.3 is 6.18 Å². The van der Waals surface area contributed by atoms with E-state index in [2.05, 4.69) is 10.6 Å². The Kier molecular flexibility index (Phi) is 9.22. The smallest absolute Gasteiger partial charge is 0.419 e. The predicted molar refractivity (Wildman–Crippen MR) is 96.6 cm³/mol. The number of amides is 1. The van der Waals surface area contributed by atoms with Crippen LogP contribution < -0.4 is 15.4 Å². The summed E-state index contributed by atoms with van der Waals surface area (Å²) in [5.74, 6) is 0.266. The molecule has 0 aromatic heterocycles. The number of ether oxygens (including phenoxy) is 1. The first-order valence-electron chi connectivity index (χ1n) is 8.65. The minimum absolute atomic E-state index is 0. The van der Waals surface area contributed by atoms with Gasteiger partial charge in [-0.05, 0) is 57.3 Å². The first-order chi connectivity index (χ1) is 11.9. The van der Waals surface area contributed by atoms with E-state index in [1.165, 1.54) is 18.2 Å². The van der Waals surface area contributed by atoms with Gasteiger partial charge < -0.3 is 15.4 Å². The number of alkyl halides is 3. The van der Waals surface area contributed by atoms with Gasteiger partial charge in [0.2, 0.25) is 5.91 Å². The standard InChI is InChI=1S/C18H25F3N2O2.ClH/c1-13(23-17(24)7-6-14-8-10-22-11-9-14)12-25-16-5-3-2-4-15(16)18(19,20)21;/h2-5,13-14,22H,6-12H2,1H3,(H,23,24);1H. The Balaban J connectivity index is 0.00000338. The lowest BCUT2D eigenvalue weighted by molar-refractivity contribution is -0.139. The summed E-state index contributed by atoms with van der Waals surface area (Å²) in [6.07, 6.45) is -1.01. The largest absolute Gasteiger partial charge is 0.491 e. The molecule has 1 unspecified atom stereocenters. The maximum Gasteiger partial charge on any atom is 0.419 e. The second kappa shape index (κ2) is 10.6. The van der Waals surface area contributed by atoms with Gasteiger partial charge in [0, 0.05) is 6.42 Å². The first-order valence-corrected chi connectivity index (χ1v) is 8.65. The molecular weight excluding hydrogens is 369 g/mol. The lowest BCUT2D eigenvalue weighted by Gasteiger charge is -2.22. The van der Waals surface area contributed by atoms with Gasteiger partial charge in [-0.15, -0.1) is 12.4 Å². The van der Waals surface area contributed by atoms with E-state index in [4.69, 9.17) is 4.74 Å². The molecule has 0 radical (unpaired) electrons. The van der Waals surface area contributed by atoms with Gasteiger partial charge in [-0.3, -0.25) is 4.79 Å². The second-order valence-corrected chi connectivity index (χ2v) is 6.51. The van der Waals surface area contributed by atoms with Gasteiger partial charge in [0.05, 0.1) is 11.6 Å². The second-order valence-electron chi connectivity index (χ2n) is 6.51. The number of hydrogen-bond donors (Lipinski definition) is 2. The molecule has 148 valence electrons. The van der Waals surface area contributed by atoms with Crippen molar-refractivity contribution >= 4 is 18.3 Å². The van der Waals surface area contributed by atoms with Crippen LogP contribution in [0.3, 0.4) is 0 Å². The third kappa shape index (κ3) is 7.41. The molecule has 1 fully saturated rings. The third-order valence-electron chi connectivity index (χ3n) is 4.33. The lowest BCUT2D eigenvalue weighted by Crippen LogP contribution is -2.37. The minimum atomic E-state index is -4.46. The zero-order chi connectivity index (χ0) is 18.3. The molecule has 2 N–H and O–H groups in total. The zero-order valence-electron chi connectivity index (χ0n) is 14.8. The number of para-hydroxylation sites is 1. The molecular formula is C18H26ClF3N2O2. The van der Waals surface area contributed by atoms with E-state index in [0.717, 1.165) is 38.4 Å². The van der Waals surface area contributed by atoms with Crippen molar-refractivity contribution in [1.82, 2.24) is 10.6 Å². The number of halogens is 4. The number of rotatable bonds is 7. The Hall–Kier alpha value is -1.47. The highest BCUT2D eigenvalue weighted by Gasteiger charge is 2.34. The maximum absolute atomic E-state index is 12.9. The highest BCUT2D eigenvalue weighted by atomic mass is 35.5. The molecule has 1 aliphatic rings. The van der Waals surface area contributed by atoms with Crippen molar-refractivity contribution < 1.29 is 22.7 Å². The van der Waals surface area contributed by atoms with Crippen molar-refractivity contribution in [3.05, 3.63) is 29.8 Å². The number of nitrogens with one attached hydrogen (secondary N) is 2. The van der Waals surface area contributed by atoms with Crippen LogP contribution in [0, 0.1) is 5.92 Å². The van der Waals surface area contributed by atoms with Gasteiger partial charge in [0.25, 0.3) is 0 Å². The van der Waals surface area contributed by atoms with Crippen LogP contribution in [0.5, 0.6) is 5.75 Å². The fraction of sp³-hybridized carbons (Fsp3) is 0.611. The van der Waals surface area contributed by atoms with Crippen molar-refractivity contribution in [3.63, 3.8) is 0 Å². The van der Waals surface area contributed by atoms with Crippen molar-refractivity contribution in [2.45, 2.75) is 44.8 Å². The van der Waals surface area contributed by atoms with E-state index >= 15 is 0 Å². The summed E-state index contributed by atoms with van der Waals surface area (Å²) < 4.78 is 44.0. The fourth-order valence-electron chi connectivity index (χ4n) is 2.94. The molecule has 1 aromatic rings. The fourth-order valence-corrected chi connectivity index (χ4v) is 2.94. The summed E-state index contributed by atoms with van der Waals surface area (Å²) >= 11 is 0. The van der Waals surface area contributed by atoms with Gasteiger partial charge in [0.1, 0.15) is 12.4 Å². The molecule has 1 aromatic carbocycles. The number of piperidine rings is 1. The molecule has 0 aliphatic carbocycles. The molecule has 1 amide bonds. The number of carbonyl (C=O) groups excluding carboxylic acids is 1. The van der Waals surface area contributed by atoms with Crippen LogP contribution in [0.2, 0.25) is 0 Å². The van der Waals surface area contributed by atoms with E-state index in [1.807, 2.05) is 0 Å². The summed E-state index contributed by atoms with van der Waals surface area (Å²) in [4.78, 5) is 12.0. The first kappa shape index (κ1) is 22.6. The molecule has 26 heavy (non-hydrogen) atoms. The van der Waals surface area contributed by atoms with E-state index in [9.17, 15) is 18.0 Å². The highest BCUT2D eigenvalue weighted by Crippen LogP contribution is 2.35. The quantitative estimate of drug-likeness (QED) is 0.739. The van der Waals surface area contributed by atoms with Crippen LogP contribution in [0.25, 0.3) is 0 Å². The lowest BCUT2D eigenvalue weighted by atomic mass is 9.93. The van der Waals surface area contributed by atoms with E-state index in [1.54, 1.807) is 6.92 Å². The SMILES string of the molecule is CC(COc1ccccc1C(F)(F)F)NC(=O)CCC1CCNCC1.Cl. The number of hydrogen-bond acceptors (Lipinski definition) is 3. The van der Waals surface area contributed by atoms with Crippen LogP contribution in [0.1, 0.15) is 38.2 Å². The van der Waals surface area contributed by atoms with Crippen LogP contribution >= 0.6 is 12.4 Å². The Bertz CT molecular complexity index is 564. The number of carbonyl (C=O) groups is 1. The third-order valence-corrected chi connectivity index (χ3v) is 4.33. The summed E-state index contributed by atoms with van der Waals surface area (Å²) in [7, 11) is 0. The van der Waals surface area contributed by atoms with Gasteiger partial charge in [-0.25, -0.2) is 0 Å².